The van der Waals surface area contributed by atoms with Crippen LogP contribution in [0.2, 0.25) is 0 Å². The topological polar surface area (TPSA) is 24.9 Å². The van der Waals surface area contributed by atoms with Gasteiger partial charge in [-0.3, -0.25) is 4.98 Å². The normalized spacial score (nSPS) is 10.1. The second kappa shape index (κ2) is 5.25. The maximum absolute atomic E-state index is 12.9. The fraction of sp³-hybridized carbons (Fsp3) is 0.0833. The number of hydrogen-bond donors (Lipinski definition) is 1. The summed E-state index contributed by atoms with van der Waals surface area (Å²) in [5, 5.41) is 3.24. The van der Waals surface area contributed by atoms with Crippen LogP contribution in [0.4, 0.5) is 10.1 Å². The SMILES string of the molecule is Fc1ccc(NCc2cccnc2)c(I)c1. The molecule has 0 amide bonds. The van der Waals surface area contributed by atoms with Gasteiger partial charge in [0.15, 0.2) is 0 Å². The number of nitrogens with zero attached hydrogens (tertiary/aromatic N) is 1. The number of aromatic nitrogens is 1. The molecule has 0 saturated heterocycles. The fourth-order valence-electron chi connectivity index (χ4n) is 1.33. The van der Waals surface area contributed by atoms with Crippen molar-refractivity contribution in [2.24, 2.45) is 0 Å². The number of pyridine rings is 1. The molecule has 1 aromatic carbocycles. The van der Waals surface area contributed by atoms with E-state index >= 15 is 0 Å². The minimum Gasteiger partial charge on any atom is -0.380 e. The van der Waals surface area contributed by atoms with Crippen molar-refractivity contribution in [3.63, 3.8) is 0 Å². The molecular weight excluding hydrogens is 318 g/mol. The molecule has 4 heteroatoms. The Bertz CT molecular complexity index is 474. The van der Waals surface area contributed by atoms with Crippen LogP contribution in [-0.4, -0.2) is 4.98 Å². The third kappa shape index (κ3) is 2.91. The summed E-state index contributed by atoms with van der Waals surface area (Å²) in [7, 11) is 0. The van der Waals surface area contributed by atoms with Gasteiger partial charge >= 0.3 is 0 Å². The molecule has 1 heterocycles. The minimum atomic E-state index is -0.212. The molecule has 0 aliphatic heterocycles. The van der Waals surface area contributed by atoms with Gasteiger partial charge in [0.25, 0.3) is 0 Å². The van der Waals surface area contributed by atoms with Gasteiger partial charge in [0.2, 0.25) is 0 Å². The van der Waals surface area contributed by atoms with Crippen LogP contribution in [0.25, 0.3) is 0 Å². The van der Waals surface area contributed by atoms with Gasteiger partial charge in [-0.05, 0) is 52.4 Å². The molecule has 0 spiro atoms. The molecule has 0 aliphatic rings. The molecule has 82 valence electrons. The van der Waals surface area contributed by atoms with E-state index in [0.29, 0.717) is 6.54 Å². The molecule has 0 aliphatic carbocycles. The first kappa shape index (κ1) is 11.3. The Hall–Kier alpha value is -1.17. The van der Waals surface area contributed by atoms with Crippen molar-refractivity contribution in [2.45, 2.75) is 6.54 Å². The lowest BCUT2D eigenvalue weighted by molar-refractivity contribution is 0.627. The largest absolute Gasteiger partial charge is 0.380 e. The van der Waals surface area contributed by atoms with Crippen molar-refractivity contribution in [2.75, 3.05) is 5.32 Å². The monoisotopic (exact) mass is 328 g/mol. The van der Waals surface area contributed by atoms with Crippen LogP contribution in [-0.2, 0) is 6.54 Å². The van der Waals surface area contributed by atoms with Gasteiger partial charge in [0.05, 0.1) is 0 Å². The number of anilines is 1. The minimum absolute atomic E-state index is 0.212. The quantitative estimate of drug-likeness (QED) is 0.873. The van der Waals surface area contributed by atoms with Crippen LogP contribution in [0.1, 0.15) is 5.56 Å². The highest BCUT2D eigenvalue weighted by Crippen LogP contribution is 2.19. The molecule has 0 atom stereocenters. The summed E-state index contributed by atoms with van der Waals surface area (Å²) in [6, 6.07) is 8.59. The van der Waals surface area contributed by atoms with Crippen molar-refractivity contribution in [1.82, 2.24) is 4.98 Å². The summed E-state index contributed by atoms with van der Waals surface area (Å²) < 4.78 is 13.7. The van der Waals surface area contributed by atoms with E-state index in [1.165, 1.54) is 12.1 Å². The lowest BCUT2D eigenvalue weighted by Gasteiger charge is -2.08. The highest BCUT2D eigenvalue weighted by molar-refractivity contribution is 14.1. The van der Waals surface area contributed by atoms with Crippen LogP contribution in [0.3, 0.4) is 0 Å². The number of benzene rings is 1. The standard InChI is InChI=1S/C12H10FIN2/c13-10-3-4-12(11(14)6-10)16-8-9-2-1-5-15-7-9/h1-7,16H,8H2. The molecule has 0 unspecified atom stereocenters. The maximum Gasteiger partial charge on any atom is 0.124 e. The summed E-state index contributed by atoms with van der Waals surface area (Å²) in [5.74, 6) is -0.212. The number of rotatable bonds is 3. The molecule has 0 radical (unpaired) electrons. The molecule has 0 bridgehead atoms. The van der Waals surface area contributed by atoms with Crippen molar-refractivity contribution >= 4 is 28.3 Å². The summed E-state index contributed by atoms with van der Waals surface area (Å²) in [5.41, 5.74) is 2.04. The molecular formula is C12H10FIN2. The van der Waals surface area contributed by atoms with Crippen LogP contribution in [0.5, 0.6) is 0 Å². The molecule has 0 fully saturated rings. The highest BCUT2D eigenvalue weighted by atomic mass is 127. The van der Waals surface area contributed by atoms with E-state index in [-0.39, 0.29) is 5.82 Å². The van der Waals surface area contributed by atoms with Gasteiger partial charge in [0.1, 0.15) is 5.82 Å². The predicted molar refractivity (Wildman–Crippen MR) is 70.7 cm³/mol. The Morgan fingerprint density at radius 2 is 2.19 bits per heavy atom. The zero-order valence-corrected chi connectivity index (χ0v) is 10.6. The average Bonchev–Trinajstić information content (AvgIpc) is 2.29. The van der Waals surface area contributed by atoms with Crippen LogP contribution in [0, 0.1) is 9.39 Å². The summed E-state index contributed by atoms with van der Waals surface area (Å²) >= 11 is 2.11. The van der Waals surface area contributed by atoms with Gasteiger partial charge in [-0.15, -0.1) is 0 Å². The number of hydrogen-bond acceptors (Lipinski definition) is 2. The Labute approximate surface area is 107 Å². The summed E-state index contributed by atoms with van der Waals surface area (Å²) in [6.07, 6.45) is 3.55. The number of halogens is 2. The van der Waals surface area contributed by atoms with Crippen LogP contribution >= 0.6 is 22.6 Å². The first-order valence-electron chi connectivity index (χ1n) is 4.83. The van der Waals surface area contributed by atoms with Crippen molar-refractivity contribution in [3.8, 4) is 0 Å². The molecule has 2 rings (SSSR count). The molecule has 16 heavy (non-hydrogen) atoms. The Balaban J connectivity index is 2.05. The van der Waals surface area contributed by atoms with Gasteiger partial charge in [-0.2, -0.15) is 0 Å². The van der Waals surface area contributed by atoms with Gasteiger partial charge < -0.3 is 5.32 Å². The maximum atomic E-state index is 12.9. The first-order valence-corrected chi connectivity index (χ1v) is 5.91. The van der Waals surface area contributed by atoms with E-state index in [9.17, 15) is 4.39 Å². The third-order valence-corrected chi connectivity index (χ3v) is 3.03. The first-order chi connectivity index (χ1) is 7.75. The zero-order chi connectivity index (χ0) is 11.4. The molecule has 2 nitrogen and oxygen atoms in total. The second-order valence-corrected chi connectivity index (χ2v) is 4.50. The zero-order valence-electron chi connectivity index (χ0n) is 8.45. The van der Waals surface area contributed by atoms with E-state index in [4.69, 9.17) is 0 Å². The van der Waals surface area contributed by atoms with Crippen molar-refractivity contribution in [1.29, 1.82) is 0 Å². The Morgan fingerprint density at radius 1 is 1.31 bits per heavy atom. The molecule has 1 aromatic heterocycles. The van der Waals surface area contributed by atoms with E-state index in [0.717, 1.165) is 14.8 Å². The fourth-order valence-corrected chi connectivity index (χ4v) is 2.00. The van der Waals surface area contributed by atoms with E-state index < -0.39 is 0 Å². The smallest absolute Gasteiger partial charge is 0.124 e. The summed E-state index contributed by atoms with van der Waals surface area (Å²) in [6.45, 7) is 0.690. The molecule has 2 aromatic rings. The van der Waals surface area contributed by atoms with Gasteiger partial charge in [0, 0.05) is 28.2 Å². The van der Waals surface area contributed by atoms with E-state index in [1.807, 2.05) is 18.3 Å². The highest BCUT2D eigenvalue weighted by Gasteiger charge is 2.00. The van der Waals surface area contributed by atoms with E-state index in [1.54, 1.807) is 12.3 Å². The van der Waals surface area contributed by atoms with Crippen LogP contribution in [0.15, 0.2) is 42.7 Å². The predicted octanol–water partition coefficient (Wildman–Crippen LogP) is 3.44. The lowest BCUT2D eigenvalue weighted by Crippen LogP contribution is -2.01. The second-order valence-electron chi connectivity index (χ2n) is 3.34. The molecule has 1 N–H and O–H groups in total. The van der Waals surface area contributed by atoms with Gasteiger partial charge in [-0.1, -0.05) is 6.07 Å². The van der Waals surface area contributed by atoms with E-state index in [2.05, 4.69) is 32.9 Å². The van der Waals surface area contributed by atoms with Crippen molar-refractivity contribution in [3.05, 3.63) is 57.7 Å². The van der Waals surface area contributed by atoms with Gasteiger partial charge in [-0.25, -0.2) is 4.39 Å². The number of nitrogens with one attached hydrogen (secondary N) is 1. The van der Waals surface area contributed by atoms with Crippen LogP contribution < -0.4 is 5.32 Å². The average molecular weight is 328 g/mol. The third-order valence-electron chi connectivity index (χ3n) is 2.14. The van der Waals surface area contributed by atoms with Crippen molar-refractivity contribution < 1.29 is 4.39 Å². The summed E-state index contributed by atoms with van der Waals surface area (Å²) in [4.78, 5) is 4.03. The lowest BCUT2D eigenvalue weighted by atomic mass is 10.2. The Kier molecular flexibility index (Phi) is 3.71. The Morgan fingerprint density at radius 3 is 2.88 bits per heavy atom. The molecule has 0 saturated carbocycles.